The van der Waals surface area contributed by atoms with Crippen LogP contribution in [0.2, 0.25) is 0 Å². The molecular formula is C8H11NO2. The molecule has 60 valence electrons. The van der Waals surface area contributed by atoms with Gasteiger partial charge >= 0.3 is 5.97 Å². The Hall–Kier alpha value is -1.12. The number of dihydropyridines is 1. The van der Waals surface area contributed by atoms with Crippen molar-refractivity contribution in [3.05, 3.63) is 12.2 Å². The Kier molecular flexibility index (Phi) is 2.83. The first-order valence-corrected chi connectivity index (χ1v) is 3.56. The minimum atomic E-state index is -0.170. The Morgan fingerprint density at radius 3 is 3.18 bits per heavy atom. The third-order valence-electron chi connectivity index (χ3n) is 1.57. The van der Waals surface area contributed by atoms with Crippen molar-refractivity contribution in [1.29, 1.82) is 0 Å². The Morgan fingerprint density at radius 1 is 1.82 bits per heavy atom. The maximum atomic E-state index is 10.8. The molecule has 0 saturated carbocycles. The van der Waals surface area contributed by atoms with Crippen LogP contribution in [-0.4, -0.2) is 25.8 Å². The van der Waals surface area contributed by atoms with Crippen molar-refractivity contribution in [2.24, 2.45) is 10.9 Å². The number of esters is 1. The summed E-state index contributed by atoms with van der Waals surface area (Å²) in [5.74, 6) is 0.0594. The number of hydrogen-bond donors (Lipinski definition) is 0. The number of allylic oxidation sites excluding steroid dienone is 1. The quantitative estimate of drug-likeness (QED) is 0.550. The minimum Gasteiger partial charge on any atom is -0.469 e. The summed E-state index contributed by atoms with van der Waals surface area (Å²) >= 11 is 0. The molecule has 0 fully saturated rings. The molecule has 3 heteroatoms. The van der Waals surface area contributed by atoms with Crippen molar-refractivity contribution < 1.29 is 9.53 Å². The lowest BCUT2D eigenvalue weighted by Gasteiger charge is -2.09. The fourth-order valence-electron chi connectivity index (χ4n) is 0.955. The van der Waals surface area contributed by atoms with Gasteiger partial charge in [0.25, 0.3) is 0 Å². The number of methoxy groups -OCH3 is 1. The summed E-state index contributed by atoms with van der Waals surface area (Å²) < 4.78 is 4.53. The molecule has 0 aliphatic carbocycles. The summed E-state index contributed by atoms with van der Waals surface area (Å²) in [5.41, 5.74) is 0. The van der Waals surface area contributed by atoms with Crippen LogP contribution in [0.25, 0.3) is 0 Å². The molecule has 0 radical (unpaired) electrons. The predicted molar refractivity (Wildman–Crippen MR) is 42.6 cm³/mol. The molecule has 11 heavy (non-hydrogen) atoms. The number of aliphatic imine (C=N–C) groups is 1. The Morgan fingerprint density at radius 2 is 2.64 bits per heavy atom. The van der Waals surface area contributed by atoms with Gasteiger partial charge in [0.2, 0.25) is 0 Å². The van der Waals surface area contributed by atoms with Gasteiger partial charge in [-0.3, -0.25) is 9.79 Å². The van der Waals surface area contributed by atoms with Gasteiger partial charge in [-0.25, -0.2) is 0 Å². The molecular weight excluding hydrogens is 142 g/mol. The zero-order valence-corrected chi connectivity index (χ0v) is 6.49. The average Bonchev–Trinajstić information content (AvgIpc) is 2.06. The van der Waals surface area contributed by atoms with E-state index in [1.807, 2.05) is 12.2 Å². The van der Waals surface area contributed by atoms with Crippen molar-refractivity contribution in [2.75, 3.05) is 13.7 Å². The topological polar surface area (TPSA) is 38.7 Å². The summed E-state index contributed by atoms with van der Waals surface area (Å²) in [6.45, 7) is 0.700. The van der Waals surface area contributed by atoms with Gasteiger partial charge in [-0.05, 0) is 6.08 Å². The van der Waals surface area contributed by atoms with Gasteiger partial charge in [0.05, 0.1) is 13.5 Å². The first-order valence-electron chi connectivity index (χ1n) is 3.56. The van der Waals surface area contributed by atoms with Crippen LogP contribution in [0.4, 0.5) is 0 Å². The first-order chi connectivity index (χ1) is 5.33. The highest BCUT2D eigenvalue weighted by atomic mass is 16.5. The van der Waals surface area contributed by atoms with E-state index in [-0.39, 0.29) is 11.9 Å². The molecule has 1 aliphatic heterocycles. The molecule has 0 saturated heterocycles. The highest BCUT2D eigenvalue weighted by Crippen LogP contribution is 2.08. The highest BCUT2D eigenvalue weighted by molar-refractivity contribution is 5.73. The van der Waals surface area contributed by atoms with Crippen molar-refractivity contribution in [3.8, 4) is 0 Å². The van der Waals surface area contributed by atoms with Crippen LogP contribution < -0.4 is 0 Å². The number of ether oxygens (including phenoxy) is 1. The van der Waals surface area contributed by atoms with Crippen LogP contribution in [0.15, 0.2) is 17.1 Å². The lowest BCUT2D eigenvalue weighted by molar-refractivity contribution is -0.141. The van der Waals surface area contributed by atoms with E-state index in [4.69, 9.17) is 0 Å². The van der Waals surface area contributed by atoms with Crippen molar-refractivity contribution in [1.82, 2.24) is 0 Å². The number of carbonyl (C=O) groups excluding carboxylic acids is 1. The highest BCUT2D eigenvalue weighted by Gasteiger charge is 2.11. The van der Waals surface area contributed by atoms with Crippen molar-refractivity contribution in [3.63, 3.8) is 0 Å². The van der Waals surface area contributed by atoms with E-state index in [2.05, 4.69) is 9.73 Å². The molecule has 0 aromatic carbocycles. The van der Waals surface area contributed by atoms with Gasteiger partial charge in [0, 0.05) is 18.7 Å². The van der Waals surface area contributed by atoms with Gasteiger partial charge in [-0.15, -0.1) is 0 Å². The lowest BCUT2D eigenvalue weighted by Crippen LogP contribution is -2.12. The second-order valence-electron chi connectivity index (χ2n) is 2.44. The van der Waals surface area contributed by atoms with E-state index in [1.54, 1.807) is 6.21 Å². The fourth-order valence-corrected chi connectivity index (χ4v) is 0.955. The molecule has 0 amide bonds. The molecule has 1 aliphatic rings. The van der Waals surface area contributed by atoms with E-state index in [1.165, 1.54) is 7.11 Å². The van der Waals surface area contributed by atoms with Crippen molar-refractivity contribution in [2.45, 2.75) is 6.42 Å². The van der Waals surface area contributed by atoms with Crippen LogP contribution in [0.3, 0.4) is 0 Å². The zero-order valence-electron chi connectivity index (χ0n) is 6.49. The molecule has 0 spiro atoms. The van der Waals surface area contributed by atoms with Crippen LogP contribution >= 0.6 is 0 Å². The predicted octanol–water partition coefficient (Wildman–Crippen LogP) is 0.806. The van der Waals surface area contributed by atoms with Gasteiger partial charge in [0.15, 0.2) is 0 Å². The summed E-state index contributed by atoms with van der Waals surface area (Å²) in [7, 11) is 1.40. The molecule has 1 atom stereocenters. The van der Waals surface area contributed by atoms with E-state index >= 15 is 0 Å². The summed E-state index contributed by atoms with van der Waals surface area (Å²) in [5, 5.41) is 0. The number of rotatable bonds is 2. The molecule has 0 aromatic heterocycles. The second-order valence-corrected chi connectivity index (χ2v) is 2.44. The summed E-state index contributed by atoms with van der Waals surface area (Å²) in [6, 6.07) is 0. The maximum Gasteiger partial charge on any atom is 0.306 e. The minimum absolute atomic E-state index is 0.170. The molecule has 0 bridgehead atoms. The number of hydrogen-bond acceptors (Lipinski definition) is 3. The monoisotopic (exact) mass is 153 g/mol. The maximum absolute atomic E-state index is 10.8. The fraction of sp³-hybridized carbons (Fsp3) is 0.500. The standard InChI is InChI=1S/C8H11NO2/c1-11-8(10)5-7-3-2-4-9-6-7/h2-4,7H,5-6H2,1H3. The van der Waals surface area contributed by atoms with Gasteiger partial charge in [0.1, 0.15) is 0 Å². The van der Waals surface area contributed by atoms with Crippen LogP contribution in [0.1, 0.15) is 6.42 Å². The Bertz CT molecular complexity index is 196. The van der Waals surface area contributed by atoms with Crippen LogP contribution in [0, 0.1) is 5.92 Å². The van der Waals surface area contributed by atoms with Gasteiger partial charge < -0.3 is 4.74 Å². The largest absolute Gasteiger partial charge is 0.469 e. The SMILES string of the molecule is COC(=O)CC1C=CC=NC1. The number of nitrogens with zero attached hydrogens (tertiary/aromatic N) is 1. The smallest absolute Gasteiger partial charge is 0.306 e. The normalized spacial score (nSPS) is 21.7. The van der Waals surface area contributed by atoms with Crippen LogP contribution in [-0.2, 0) is 9.53 Å². The second kappa shape index (κ2) is 3.91. The van der Waals surface area contributed by atoms with E-state index in [9.17, 15) is 4.79 Å². The Labute approximate surface area is 65.8 Å². The molecule has 1 heterocycles. The Balaban J connectivity index is 2.33. The molecule has 0 aromatic rings. The third-order valence-corrected chi connectivity index (χ3v) is 1.57. The van der Waals surface area contributed by atoms with E-state index < -0.39 is 0 Å². The zero-order chi connectivity index (χ0) is 8.10. The molecule has 1 rings (SSSR count). The molecule has 0 N–H and O–H groups in total. The lowest BCUT2D eigenvalue weighted by atomic mass is 10.0. The number of carbonyl (C=O) groups is 1. The van der Waals surface area contributed by atoms with Gasteiger partial charge in [-0.2, -0.15) is 0 Å². The summed E-state index contributed by atoms with van der Waals surface area (Å²) in [4.78, 5) is 14.8. The summed E-state index contributed by atoms with van der Waals surface area (Å²) in [6.07, 6.45) is 6.01. The van der Waals surface area contributed by atoms with Gasteiger partial charge in [-0.1, -0.05) is 6.08 Å². The van der Waals surface area contributed by atoms with E-state index in [0.29, 0.717) is 13.0 Å². The molecule has 1 unspecified atom stereocenters. The average molecular weight is 153 g/mol. The van der Waals surface area contributed by atoms with E-state index in [0.717, 1.165) is 0 Å². The third kappa shape index (κ3) is 2.53. The first kappa shape index (κ1) is 7.98. The van der Waals surface area contributed by atoms with Crippen LogP contribution in [0.5, 0.6) is 0 Å². The molecule has 3 nitrogen and oxygen atoms in total. The van der Waals surface area contributed by atoms with Crippen molar-refractivity contribution >= 4 is 12.2 Å².